The second-order valence-corrected chi connectivity index (χ2v) is 4.97. The Bertz CT molecular complexity index is 257. The van der Waals surface area contributed by atoms with Gasteiger partial charge in [0.25, 0.3) is 0 Å². The molecule has 0 amide bonds. The molecule has 0 aromatic rings. The Morgan fingerprint density at radius 3 is 2.54 bits per heavy atom. The molecule has 3 atom stereocenters. The van der Waals surface area contributed by atoms with Crippen molar-refractivity contribution in [2.75, 3.05) is 7.11 Å². The van der Waals surface area contributed by atoms with E-state index in [1.54, 1.807) is 7.11 Å². The fourth-order valence-corrected chi connectivity index (χ4v) is 2.93. The third kappa shape index (κ3) is 1.09. The van der Waals surface area contributed by atoms with Gasteiger partial charge in [-0.25, -0.2) is 0 Å². The summed E-state index contributed by atoms with van der Waals surface area (Å²) in [5.74, 6) is 0.520. The van der Waals surface area contributed by atoms with E-state index in [2.05, 4.69) is 27.4 Å². The monoisotopic (exact) mass is 182 g/mol. The van der Waals surface area contributed by atoms with Gasteiger partial charge in [-0.3, -0.25) is 0 Å². The third-order valence-electron chi connectivity index (χ3n) is 3.62. The van der Waals surface area contributed by atoms with Gasteiger partial charge in [-0.2, -0.15) is 0 Å². The molecule has 1 saturated heterocycles. The topological polar surface area (TPSA) is 18.5 Å². The summed E-state index contributed by atoms with van der Waals surface area (Å²) >= 11 is 0. The predicted octanol–water partition coefficient (Wildman–Crippen LogP) is 2.35. The highest BCUT2D eigenvalue weighted by Crippen LogP contribution is 2.68. The standard InChI is InChI=1S/C11H18O2/c1-7-9-10(2,3)13-8(12-5)6-11(7,9)4/h8-9H,1,6H2,2-5H3. The molecule has 2 aliphatic rings. The fourth-order valence-electron chi connectivity index (χ4n) is 2.93. The van der Waals surface area contributed by atoms with Gasteiger partial charge in [-0.15, -0.1) is 0 Å². The van der Waals surface area contributed by atoms with Crippen LogP contribution in [0.2, 0.25) is 0 Å². The molecule has 0 N–H and O–H groups in total. The maximum absolute atomic E-state index is 5.83. The number of hydrogen-bond donors (Lipinski definition) is 0. The van der Waals surface area contributed by atoms with Gasteiger partial charge in [0, 0.05) is 24.9 Å². The van der Waals surface area contributed by atoms with Crippen LogP contribution in [0.25, 0.3) is 0 Å². The zero-order valence-corrected chi connectivity index (χ0v) is 8.89. The van der Waals surface area contributed by atoms with Gasteiger partial charge in [0.15, 0.2) is 6.29 Å². The first kappa shape index (κ1) is 9.22. The van der Waals surface area contributed by atoms with Gasteiger partial charge in [-0.05, 0) is 13.8 Å². The minimum Gasteiger partial charge on any atom is -0.356 e. The van der Waals surface area contributed by atoms with Crippen LogP contribution in [0.4, 0.5) is 0 Å². The molecule has 3 unspecified atom stereocenters. The maximum Gasteiger partial charge on any atom is 0.158 e. The summed E-state index contributed by atoms with van der Waals surface area (Å²) in [4.78, 5) is 0. The Balaban J connectivity index is 2.24. The summed E-state index contributed by atoms with van der Waals surface area (Å²) in [6.07, 6.45) is 0.895. The van der Waals surface area contributed by atoms with Crippen molar-refractivity contribution in [2.24, 2.45) is 11.3 Å². The minimum atomic E-state index is -0.106. The van der Waals surface area contributed by atoms with E-state index in [-0.39, 0.29) is 17.3 Å². The lowest BCUT2D eigenvalue weighted by molar-refractivity contribution is -0.227. The summed E-state index contributed by atoms with van der Waals surface area (Å²) < 4.78 is 11.1. The van der Waals surface area contributed by atoms with E-state index in [1.807, 2.05) is 0 Å². The van der Waals surface area contributed by atoms with Crippen molar-refractivity contribution in [3.63, 3.8) is 0 Å². The normalized spacial score (nSPS) is 47.2. The van der Waals surface area contributed by atoms with E-state index < -0.39 is 0 Å². The number of fused-ring (bicyclic) bond motifs is 1. The number of hydrogen-bond acceptors (Lipinski definition) is 2. The summed E-state index contributed by atoms with van der Waals surface area (Å²) in [5, 5.41) is 0. The zero-order valence-electron chi connectivity index (χ0n) is 8.89. The second-order valence-electron chi connectivity index (χ2n) is 4.97. The average molecular weight is 182 g/mol. The van der Waals surface area contributed by atoms with Crippen LogP contribution in [0.1, 0.15) is 27.2 Å². The Hall–Kier alpha value is -0.340. The van der Waals surface area contributed by atoms with E-state index in [0.717, 1.165) is 6.42 Å². The van der Waals surface area contributed by atoms with Crippen LogP contribution in [0, 0.1) is 11.3 Å². The van der Waals surface area contributed by atoms with Crippen molar-refractivity contribution in [2.45, 2.75) is 39.1 Å². The van der Waals surface area contributed by atoms with Crippen LogP contribution in [-0.4, -0.2) is 19.0 Å². The highest BCUT2D eigenvalue weighted by molar-refractivity contribution is 5.39. The Kier molecular flexibility index (Phi) is 1.68. The van der Waals surface area contributed by atoms with Crippen molar-refractivity contribution in [3.8, 4) is 0 Å². The zero-order chi connectivity index (χ0) is 9.85. The molecule has 74 valence electrons. The first-order valence-corrected chi connectivity index (χ1v) is 4.82. The lowest BCUT2D eigenvalue weighted by Gasteiger charge is -2.37. The van der Waals surface area contributed by atoms with E-state index in [0.29, 0.717) is 5.92 Å². The van der Waals surface area contributed by atoms with Crippen LogP contribution in [0.15, 0.2) is 12.2 Å². The largest absolute Gasteiger partial charge is 0.356 e. The Morgan fingerprint density at radius 1 is 1.46 bits per heavy atom. The van der Waals surface area contributed by atoms with Crippen LogP contribution >= 0.6 is 0 Å². The molecule has 1 aliphatic carbocycles. The molecule has 1 heterocycles. The van der Waals surface area contributed by atoms with E-state index in [4.69, 9.17) is 9.47 Å². The van der Waals surface area contributed by atoms with Crippen molar-refractivity contribution in [3.05, 3.63) is 12.2 Å². The van der Waals surface area contributed by atoms with E-state index in [1.165, 1.54) is 5.57 Å². The second kappa shape index (κ2) is 2.37. The van der Waals surface area contributed by atoms with Crippen LogP contribution < -0.4 is 0 Å². The maximum atomic E-state index is 5.83. The van der Waals surface area contributed by atoms with Gasteiger partial charge in [0.2, 0.25) is 0 Å². The number of methoxy groups -OCH3 is 1. The third-order valence-corrected chi connectivity index (χ3v) is 3.62. The molecular formula is C11H18O2. The smallest absolute Gasteiger partial charge is 0.158 e. The van der Waals surface area contributed by atoms with Crippen molar-refractivity contribution < 1.29 is 9.47 Å². The molecule has 1 saturated carbocycles. The van der Waals surface area contributed by atoms with Gasteiger partial charge in [0.1, 0.15) is 0 Å². The summed E-state index contributed by atoms with van der Waals surface area (Å²) in [5.41, 5.74) is 1.49. The molecule has 0 radical (unpaired) electrons. The van der Waals surface area contributed by atoms with Crippen molar-refractivity contribution >= 4 is 0 Å². The van der Waals surface area contributed by atoms with Gasteiger partial charge in [-0.1, -0.05) is 19.1 Å². The molecule has 0 bridgehead atoms. The van der Waals surface area contributed by atoms with Gasteiger partial charge < -0.3 is 9.47 Å². The van der Waals surface area contributed by atoms with Crippen LogP contribution in [0.5, 0.6) is 0 Å². The highest BCUT2D eigenvalue weighted by Gasteiger charge is 2.65. The Labute approximate surface area is 79.9 Å². The lowest BCUT2D eigenvalue weighted by atomic mass is 9.89. The van der Waals surface area contributed by atoms with E-state index in [9.17, 15) is 0 Å². The first-order chi connectivity index (χ1) is 5.92. The molecule has 13 heavy (non-hydrogen) atoms. The average Bonchev–Trinajstić information content (AvgIpc) is 2.53. The predicted molar refractivity (Wildman–Crippen MR) is 51.3 cm³/mol. The summed E-state index contributed by atoms with van der Waals surface area (Å²) in [7, 11) is 1.70. The summed E-state index contributed by atoms with van der Waals surface area (Å²) in [6.45, 7) is 10.6. The Morgan fingerprint density at radius 2 is 2.08 bits per heavy atom. The molecule has 0 aromatic heterocycles. The first-order valence-electron chi connectivity index (χ1n) is 4.82. The molecule has 2 heteroatoms. The van der Waals surface area contributed by atoms with Crippen molar-refractivity contribution in [1.82, 2.24) is 0 Å². The molecule has 2 nitrogen and oxygen atoms in total. The molecular weight excluding hydrogens is 164 g/mol. The molecule has 0 aromatic carbocycles. The minimum absolute atomic E-state index is 0.0597. The fraction of sp³-hybridized carbons (Fsp3) is 0.818. The molecule has 2 rings (SSSR count). The summed E-state index contributed by atoms with van der Waals surface area (Å²) in [6, 6.07) is 0. The van der Waals surface area contributed by atoms with Crippen LogP contribution in [-0.2, 0) is 9.47 Å². The molecule has 0 spiro atoms. The molecule has 2 fully saturated rings. The SMILES string of the molecule is C=C1C2C(C)(C)OC(OC)CC12C. The van der Waals surface area contributed by atoms with E-state index >= 15 is 0 Å². The van der Waals surface area contributed by atoms with Gasteiger partial charge in [0.05, 0.1) is 5.60 Å². The highest BCUT2D eigenvalue weighted by atomic mass is 16.7. The number of rotatable bonds is 1. The number of ether oxygens (including phenoxy) is 2. The van der Waals surface area contributed by atoms with Crippen LogP contribution in [0.3, 0.4) is 0 Å². The molecule has 1 aliphatic heterocycles. The lowest BCUT2D eigenvalue weighted by Crippen LogP contribution is -2.41. The quantitative estimate of drug-likeness (QED) is 0.579. The van der Waals surface area contributed by atoms with Gasteiger partial charge >= 0.3 is 0 Å². The van der Waals surface area contributed by atoms with Crippen molar-refractivity contribution in [1.29, 1.82) is 0 Å².